The predicted octanol–water partition coefficient (Wildman–Crippen LogP) is 3.24. The molecule has 1 saturated carbocycles. The van der Waals surface area contributed by atoms with Crippen molar-refractivity contribution in [3.05, 3.63) is 41.5 Å². The fraction of sp³-hybridized carbons (Fsp3) is 0.500. The number of hydrogen-bond acceptors (Lipinski definition) is 4. The quantitative estimate of drug-likeness (QED) is 0.647. The highest BCUT2D eigenvalue weighted by molar-refractivity contribution is 5.70. The molecule has 0 aromatic heterocycles. The fourth-order valence-corrected chi connectivity index (χ4v) is 2.93. The third kappa shape index (κ3) is 4.60. The molecular formula is C18H24O4. The third-order valence-electron chi connectivity index (χ3n) is 4.24. The summed E-state index contributed by atoms with van der Waals surface area (Å²) in [5, 5.41) is 9.22. The van der Waals surface area contributed by atoms with Crippen LogP contribution in [0.2, 0.25) is 0 Å². The van der Waals surface area contributed by atoms with E-state index in [-0.39, 0.29) is 23.7 Å². The van der Waals surface area contributed by atoms with Gasteiger partial charge < -0.3 is 14.6 Å². The first-order chi connectivity index (χ1) is 10.6. The Balaban J connectivity index is 1.75. The highest BCUT2D eigenvalue weighted by atomic mass is 16.5. The van der Waals surface area contributed by atoms with Crippen molar-refractivity contribution in [1.29, 1.82) is 0 Å². The van der Waals surface area contributed by atoms with Crippen molar-refractivity contribution >= 4 is 5.97 Å². The van der Waals surface area contributed by atoms with Gasteiger partial charge in [-0.25, -0.2) is 0 Å². The van der Waals surface area contributed by atoms with Crippen molar-refractivity contribution < 1.29 is 19.4 Å². The number of benzene rings is 1. The average molecular weight is 304 g/mol. The van der Waals surface area contributed by atoms with Crippen molar-refractivity contribution in [2.24, 2.45) is 5.92 Å². The molecule has 0 aliphatic heterocycles. The molecule has 1 N–H and O–H groups in total. The number of hydrogen-bond donors (Lipinski definition) is 1. The Morgan fingerprint density at radius 2 is 2.09 bits per heavy atom. The van der Waals surface area contributed by atoms with E-state index in [1.807, 2.05) is 19.1 Å². The number of ether oxygens (including phenoxy) is 2. The summed E-state index contributed by atoms with van der Waals surface area (Å²) in [6.45, 7) is 2.38. The molecule has 1 aliphatic carbocycles. The standard InChI is InChI=1S/C18H24O4/c1-3-14-10-17(21-2)11-15(14)12-18(20)22-9-8-13-4-6-16(19)7-5-13/h3-7,15,17,19H,8-12H2,1-2H3/b14-3-/t15-,17-/m0/s1. The van der Waals surface area contributed by atoms with E-state index >= 15 is 0 Å². The molecule has 0 radical (unpaired) electrons. The minimum atomic E-state index is -0.153. The molecule has 22 heavy (non-hydrogen) atoms. The lowest BCUT2D eigenvalue weighted by Gasteiger charge is -2.11. The summed E-state index contributed by atoms with van der Waals surface area (Å²) in [5.74, 6) is 0.338. The van der Waals surface area contributed by atoms with Crippen molar-refractivity contribution in [2.75, 3.05) is 13.7 Å². The molecule has 4 nitrogen and oxygen atoms in total. The Hall–Kier alpha value is -1.81. The second-order valence-corrected chi connectivity index (χ2v) is 5.70. The van der Waals surface area contributed by atoms with Crippen LogP contribution in [0.1, 0.15) is 31.7 Å². The summed E-state index contributed by atoms with van der Waals surface area (Å²) >= 11 is 0. The van der Waals surface area contributed by atoms with E-state index in [0.717, 1.165) is 18.4 Å². The summed E-state index contributed by atoms with van der Waals surface area (Å²) in [6, 6.07) is 6.94. The second kappa shape index (κ2) is 7.99. The SMILES string of the molecule is C/C=C1/C[C@H](OC)C[C@H]1CC(=O)OCCc1ccc(O)cc1. The number of phenolic OH excluding ortho intramolecular Hbond substituents is 1. The van der Waals surface area contributed by atoms with Gasteiger partial charge >= 0.3 is 5.97 Å². The van der Waals surface area contributed by atoms with Crippen LogP contribution in [0.3, 0.4) is 0 Å². The maximum absolute atomic E-state index is 12.0. The lowest BCUT2D eigenvalue weighted by molar-refractivity contribution is -0.144. The first-order valence-electron chi connectivity index (χ1n) is 7.73. The van der Waals surface area contributed by atoms with Gasteiger partial charge in [0.1, 0.15) is 5.75 Å². The number of rotatable bonds is 6. The van der Waals surface area contributed by atoms with Crippen LogP contribution in [0, 0.1) is 5.92 Å². The van der Waals surface area contributed by atoms with E-state index in [0.29, 0.717) is 19.4 Å². The largest absolute Gasteiger partial charge is 0.508 e. The zero-order valence-electron chi connectivity index (χ0n) is 13.2. The van der Waals surface area contributed by atoms with E-state index in [1.165, 1.54) is 5.57 Å². The molecule has 4 heteroatoms. The molecule has 0 saturated heterocycles. The maximum Gasteiger partial charge on any atom is 0.306 e. The van der Waals surface area contributed by atoms with Crippen LogP contribution in [-0.2, 0) is 20.7 Å². The first-order valence-corrected chi connectivity index (χ1v) is 7.73. The van der Waals surface area contributed by atoms with Crippen molar-refractivity contribution in [3.8, 4) is 5.75 Å². The van der Waals surface area contributed by atoms with Gasteiger partial charge in [-0.05, 0) is 43.4 Å². The van der Waals surface area contributed by atoms with Crippen LogP contribution < -0.4 is 0 Å². The van der Waals surface area contributed by atoms with Gasteiger partial charge in [0.05, 0.1) is 19.1 Å². The summed E-state index contributed by atoms with van der Waals surface area (Å²) in [6.07, 6.45) is 5.21. The van der Waals surface area contributed by atoms with Crippen LogP contribution in [0.5, 0.6) is 5.75 Å². The third-order valence-corrected chi connectivity index (χ3v) is 4.24. The van der Waals surface area contributed by atoms with Crippen LogP contribution in [0.15, 0.2) is 35.9 Å². The lowest BCUT2D eigenvalue weighted by Crippen LogP contribution is -2.13. The van der Waals surface area contributed by atoms with E-state index in [9.17, 15) is 9.90 Å². The monoisotopic (exact) mass is 304 g/mol. The van der Waals surface area contributed by atoms with Gasteiger partial charge in [-0.1, -0.05) is 23.8 Å². The number of carbonyl (C=O) groups excluding carboxylic acids is 1. The van der Waals surface area contributed by atoms with Crippen molar-refractivity contribution in [3.63, 3.8) is 0 Å². The van der Waals surface area contributed by atoms with Gasteiger partial charge in [0.2, 0.25) is 0 Å². The number of methoxy groups -OCH3 is 1. The Kier molecular flexibility index (Phi) is 6.01. The van der Waals surface area contributed by atoms with Crippen molar-refractivity contribution in [2.45, 2.75) is 38.7 Å². The molecular weight excluding hydrogens is 280 g/mol. The van der Waals surface area contributed by atoms with E-state index in [1.54, 1.807) is 19.2 Å². The highest BCUT2D eigenvalue weighted by Gasteiger charge is 2.30. The zero-order chi connectivity index (χ0) is 15.9. The van der Waals surface area contributed by atoms with Crippen LogP contribution in [0.4, 0.5) is 0 Å². The maximum atomic E-state index is 12.0. The number of carbonyl (C=O) groups is 1. The molecule has 0 bridgehead atoms. The van der Waals surface area contributed by atoms with Gasteiger partial charge in [-0.3, -0.25) is 4.79 Å². The van der Waals surface area contributed by atoms with E-state index < -0.39 is 0 Å². The zero-order valence-corrected chi connectivity index (χ0v) is 13.2. The fourth-order valence-electron chi connectivity index (χ4n) is 2.93. The molecule has 1 aromatic rings. The average Bonchev–Trinajstić information content (AvgIpc) is 2.91. The van der Waals surface area contributed by atoms with Crippen LogP contribution in [0.25, 0.3) is 0 Å². The van der Waals surface area contributed by atoms with Gasteiger partial charge in [-0.15, -0.1) is 0 Å². The number of esters is 1. The van der Waals surface area contributed by atoms with Gasteiger partial charge in [0, 0.05) is 13.5 Å². The molecule has 0 unspecified atom stereocenters. The Morgan fingerprint density at radius 3 is 2.73 bits per heavy atom. The molecule has 120 valence electrons. The Bertz CT molecular complexity index is 518. The van der Waals surface area contributed by atoms with E-state index in [2.05, 4.69) is 6.08 Å². The number of phenols is 1. The molecule has 0 amide bonds. The predicted molar refractivity (Wildman–Crippen MR) is 84.7 cm³/mol. The molecule has 0 heterocycles. The topological polar surface area (TPSA) is 55.8 Å². The first kappa shape index (κ1) is 16.6. The molecule has 1 fully saturated rings. The highest BCUT2D eigenvalue weighted by Crippen LogP contribution is 2.35. The molecule has 2 atom stereocenters. The minimum absolute atomic E-state index is 0.153. The van der Waals surface area contributed by atoms with Crippen LogP contribution >= 0.6 is 0 Å². The molecule has 1 aromatic carbocycles. The van der Waals surface area contributed by atoms with Gasteiger partial charge in [-0.2, -0.15) is 0 Å². The smallest absolute Gasteiger partial charge is 0.306 e. The summed E-state index contributed by atoms with van der Waals surface area (Å²) in [4.78, 5) is 12.0. The van der Waals surface area contributed by atoms with Crippen LogP contribution in [-0.4, -0.2) is 30.9 Å². The Labute approximate surface area is 131 Å². The number of allylic oxidation sites excluding steroid dienone is 1. The van der Waals surface area contributed by atoms with E-state index in [4.69, 9.17) is 9.47 Å². The summed E-state index contributed by atoms with van der Waals surface area (Å²) < 4.78 is 10.7. The van der Waals surface area contributed by atoms with Crippen molar-refractivity contribution in [1.82, 2.24) is 0 Å². The molecule has 2 rings (SSSR count). The summed E-state index contributed by atoms with van der Waals surface area (Å²) in [5.41, 5.74) is 2.34. The summed E-state index contributed by atoms with van der Waals surface area (Å²) in [7, 11) is 1.72. The lowest BCUT2D eigenvalue weighted by atomic mass is 9.99. The normalized spacial score (nSPS) is 22.9. The molecule has 0 spiro atoms. The second-order valence-electron chi connectivity index (χ2n) is 5.70. The van der Waals surface area contributed by atoms with Gasteiger partial charge in [0.25, 0.3) is 0 Å². The minimum Gasteiger partial charge on any atom is -0.508 e. The van der Waals surface area contributed by atoms with Gasteiger partial charge in [0.15, 0.2) is 0 Å². The number of aromatic hydroxyl groups is 1. The Morgan fingerprint density at radius 1 is 1.36 bits per heavy atom. The molecule has 1 aliphatic rings.